The second kappa shape index (κ2) is 4.28. The second-order valence-corrected chi connectivity index (χ2v) is 3.59. The normalized spacial score (nSPS) is 25.0. The highest BCUT2D eigenvalue weighted by Crippen LogP contribution is 2.09. The summed E-state index contributed by atoms with van der Waals surface area (Å²) in [7, 11) is 0. The summed E-state index contributed by atoms with van der Waals surface area (Å²) in [6.45, 7) is 2.18. The third kappa shape index (κ3) is 2.59. The van der Waals surface area contributed by atoms with E-state index >= 15 is 0 Å². The molecule has 14 heavy (non-hydrogen) atoms. The van der Waals surface area contributed by atoms with Gasteiger partial charge in [0, 0.05) is 6.04 Å². The quantitative estimate of drug-likeness (QED) is 0.451. The van der Waals surface area contributed by atoms with E-state index in [4.69, 9.17) is 16.6 Å². The first-order chi connectivity index (χ1) is 6.50. The van der Waals surface area contributed by atoms with E-state index < -0.39 is 11.9 Å². The van der Waals surface area contributed by atoms with Crippen LogP contribution in [-0.4, -0.2) is 35.7 Å². The van der Waals surface area contributed by atoms with E-state index in [-0.39, 0.29) is 12.1 Å². The van der Waals surface area contributed by atoms with Crippen LogP contribution in [0.4, 0.5) is 0 Å². The lowest BCUT2D eigenvalue weighted by atomic mass is 9.96. The van der Waals surface area contributed by atoms with E-state index in [1.165, 1.54) is 0 Å². The predicted octanol–water partition coefficient (Wildman–Crippen LogP) is -1.29. The van der Waals surface area contributed by atoms with E-state index in [1.807, 2.05) is 0 Å². The maximum atomic E-state index is 10.6. The Labute approximate surface area is 82.4 Å². The van der Waals surface area contributed by atoms with Crippen LogP contribution < -0.4 is 16.8 Å². The maximum absolute atomic E-state index is 10.6. The fourth-order valence-corrected chi connectivity index (χ4v) is 1.36. The molecule has 1 rings (SSSR count). The first kappa shape index (κ1) is 10.8. The van der Waals surface area contributed by atoms with Gasteiger partial charge < -0.3 is 21.9 Å². The molecule has 6 N–H and O–H groups in total. The Kier molecular flexibility index (Phi) is 3.29. The monoisotopic (exact) mass is 200 g/mol. The van der Waals surface area contributed by atoms with Gasteiger partial charge in [0.05, 0.1) is 18.5 Å². The molecular weight excluding hydrogens is 184 g/mol. The van der Waals surface area contributed by atoms with Gasteiger partial charge in [0.1, 0.15) is 0 Å². The van der Waals surface area contributed by atoms with Gasteiger partial charge in [0.15, 0.2) is 5.96 Å². The average molecular weight is 200 g/mol. The van der Waals surface area contributed by atoms with Crippen LogP contribution in [0.2, 0.25) is 0 Å². The Morgan fingerprint density at radius 3 is 2.93 bits per heavy atom. The van der Waals surface area contributed by atoms with Crippen LogP contribution in [0, 0.1) is 5.92 Å². The SMILES string of the molecule is CC(C(=O)O)C(N)CC1CN=C(N)N1. The fraction of sp³-hybridized carbons (Fsp3) is 0.750. The molecule has 1 heterocycles. The van der Waals surface area contributed by atoms with Gasteiger partial charge in [-0.2, -0.15) is 0 Å². The van der Waals surface area contributed by atoms with Crippen molar-refractivity contribution in [1.82, 2.24) is 5.32 Å². The number of nitrogens with one attached hydrogen (secondary N) is 1. The Hall–Kier alpha value is -1.30. The summed E-state index contributed by atoms with van der Waals surface area (Å²) < 4.78 is 0. The van der Waals surface area contributed by atoms with Gasteiger partial charge in [-0.1, -0.05) is 6.92 Å². The minimum absolute atomic E-state index is 0.0757. The molecule has 1 aliphatic heterocycles. The van der Waals surface area contributed by atoms with Crippen molar-refractivity contribution in [2.75, 3.05) is 6.54 Å². The summed E-state index contributed by atoms with van der Waals surface area (Å²) >= 11 is 0. The molecule has 0 aromatic carbocycles. The number of carboxylic acids is 1. The highest BCUT2D eigenvalue weighted by molar-refractivity contribution is 5.79. The number of nitrogens with two attached hydrogens (primary N) is 2. The molecule has 3 atom stereocenters. The second-order valence-electron chi connectivity index (χ2n) is 3.59. The summed E-state index contributed by atoms with van der Waals surface area (Å²) in [5, 5.41) is 11.7. The first-order valence-corrected chi connectivity index (χ1v) is 4.55. The average Bonchev–Trinajstić information content (AvgIpc) is 2.49. The highest BCUT2D eigenvalue weighted by atomic mass is 16.4. The molecule has 6 nitrogen and oxygen atoms in total. The number of rotatable bonds is 4. The Balaban J connectivity index is 2.34. The molecule has 6 heteroatoms. The van der Waals surface area contributed by atoms with Crippen LogP contribution in [0.1, 0.15) is 13.3 Å². The molecule has 0 bridgehead atoms. The van der Waals surface area contributed by atoms with Crippen molar-refractivity contribution in [3.8, 4) is 0 Å². The van der Waals surface area contributed by atoms with Crippen LogP contribution >= 0.6 is 0 Å². The zero-order valence-corrected chi connectivity index (χ0v) is 8.10. The number of hydrogen-bond donors (Lipinski definition) is 4. The van der Waals surface area contributed by atoms with Crippen molar-refractivity contribution in [2.24, 2.45) is 22.4 Å². The van der Waals surface area contributed by atoms with Gasteiger partial charge in [-0.15, -0.1) is 0 Å². The number of nitrogens with zero attached hydrogens (tertiary/aromatic N) is 1. The van der Waals surface area contributed by atoms with E-state index in [2.05, 4.69) is 10.3 Å². The van der Waals surface area contributed by atoms with E-state index in [0.29, 0.717) is 18.9 Å². The Morgan fingerprint density at radius 1 is 1.86 bits per heavy atom. The van der Waals surface area contributed by atoms with Crippen molar-refractivity contribution >= 4 is 11.9 Å². The zero-order valence-electron chi connectivity index (χ0n) is 8.10. The summed E-state index contributed by atoms with van der Waals surface area (Å²) in [6, 6.07) is -0.294. The lowest BCUT2D eigenvalue weighted by Crippen LogP contribution is -2.42. The zero-order chi connectivity index (χ0) is 10.7. The van der Waals surface area contributed by atoms with Gasteiger partial charge in [-0.25, -0.2) is 0 Å². The van der Waals surface area contributed by atoms with Crippen molar-refractivity contribution in [3.63, 3.8) is 0 Å². The molecule has 0 aromatic rings. The van der Waals surface area contributed by atoms with Crippen LogP contribution in [0.3, 0.4) is 0 Å². The molecule has 0 amide bonds. The topological polar surface area (TPSA) is 114 Å². The third-order valence-corrected chi connectivity index (χ3v) is 2.42. The summed E-state index contributed by atoms with van der Waals surface area (Å²) in [6.07, 6.45) is 0.567. The lowest BCUT2D eigenvalue weighted by Gasteiger charge is -2.19. The molecule has 0 saturated heterocycles. The molecule has 3 unspecified atom stereocenters. The predicted molar refractivity (Wildman–Crippen MR) is 52.8 cm³/mol. The van der Waals surface area contributed by atoms with Gasteiger partial charge >= 0.3 is 5.97 Å². The van der Waals surface area contributed by atoms with E-state index in [0.717, 1.165) is 0 Å². The number of carbonyl (C=O) groups is 1. The summed E-state index contributed by atoms with van der Waals surface area (Å²) in [4.78, 5) is 14.6. The lowest BCUT2D eigenvalue weighted by molar-refractivity contribution is -0.141. The Morgan fingerprint density at radius 2 is 2.50 bits per heavy atom. The maximum Gasteiger partial charge on any atom is 0.307 e. The molecule has 0 radical (unpaired) electrons. The molecule has 0 spiro atoms. The molecular formula is C8H16N4O2. The smallest absolute Gasteiger partial charge is 0.307 e. The number of aliphatic imine (C=N–C) groups is 1. The summed E-state index contributed by atoms with van der Waals surface area (Å²) in [5.41, 5.74) is 11.1. The number of guanidine groups is 1. The van der Waals surface area contributed by atoms with Crippen LogP contribution in [0.15, 0.2) is 4.99 Å². The third-order valence-electron chi connectivity index (χ3n) is 2.42. The fourth-order valence-electron chi connectivity index (χ4n) is 1.36. The number of carboxylic acid groups (broad SMARTS) is 1. The minimum atomic E-state index is -0.871. The van der Waals surface area contributed by atoms with Crippen molar-refractivity contribution in [2.45, 2.75) is 25.4 Å². The van der Waals surface area contributed by atoms with Crippen LogP contribution in [0.5, 0.6) is 0 Å². The molecule has 0 fully saturated rings. The van der Waals surface area contributed by atoms with Gasteiger partial charge in [-0.3, -0.25) is 9.79 Å². The Bertz CT molecular complexity index is 254. The molecule has 0 aromatic heterocycles. The van der Waals surface area contributed by atoms with Crippen molar-refractivity contribution in [1.29, 1.82) is 0 Å². The minimum Gasteiger partial charge on any atom is -0.481 e. The van der Waals surface area contributed by atoms with Gasteiger partial charge in [0.25, 0.3) is 0 Å². The van der Waals surface area contributed by atoms with E-state index in [1.54, 1.807) is 6.92 Å². The van der Waals surface area contributed by atoms with Crippen molar-refractivity contribution < 1.29 is 9.90 Å². The molecule has 80 valence electrons. The first-order valence-electron chi connectivity index (χ1n) is 4.55. The molecule has 0 saturated carbocycles. The summed E-state index contributed by atoms with van der Waals surface area (Å²) in [5.74, 6) is -1.01. The standard InChI is InChI=1S/C8H16N4O2/c1-4(7(13)14)6(9)2-5-3-11-8(10)12-5/h4-6H,2-3,9H2,1H3,(H,13,14)(H3,10,11,12). The van der Waals surface area contributed by atoms with Crippen molar-refractivity contribution in [3.05, 3.63) is 0 Å². The van der Waals surface area contributed by atoms with Gasteiger partial charge in [0.2, 0.25) is 0 Å². The largest absolute Gasteiger partial charge is 0.481 e. The molecule has 1 aliphatic rings. The number of hydrogen-bond acceptors (Lipinski definition) is 5. The highest BCUT2D eigenvalue weighted by Gasteiger charge is 2.25. The van der Waals surface area contributed by atoms with E-state index in [9.17, 15) is 4.79 Å². The molecule has 0 aliphatic carbocycles. The van der Waals surface area contributed by atoms with Gasteiger partial charge in [-0.05, 0) is 6.42 Å². The number of aliphatic carboxylic acids is 1. The van der Waals surface area contributed by atoms with Crippen LogP contribution in [0.25, 0.3) is 0 Å². The van der Waals surface area contributed by atoms with Crippen LogP contribution in [-0.2, 0) is 4.79 Å².